The predicted octanol–water partition coefficient (Wildman–Crippen LogP) is 3.18. The van der Waals surface area contributed by atoms with E-state index in [1.54, 1.807) is 16.8 Å². The molecule has 4 rings (SSSR count). The van der Waals surface area contributed by atoms with Crippen molar-refractivity contribution >= 4 is 12.1 Å². The first-order chi connectivity index (χ1) is 13.8. The Hall–Kier alpha value is -2.55. The number of carbonyl (C=O) groups is 1. The molecule has 0 saturated carbocycles. The highest BCUT2D eigenvalue weighted by Gasteiger charge is 2.34. The number of aldehydes is 1. The van der Waals surface area contributed by atoms with Crippen LogP contribution in [0.2, 0.25) is 0 Å². The molecule has 0 spiro atoms. The number of aromatic nitrogens is 2. The molecule has 0 aliphatic carbocycles. The maximum absolute atomic E-state index is 12.3. The average Bonchev–Trinajstić information content (AvgIpc) is 3.08. The minimum Gasteiger partial charge on any atom is -0.406 e. The molecule has 0 N–H and O–H groups in total. The average molecular weight is 408 g/mol. The van der Waals surface area contributed by atoms with E-state index in [2.05, 4.69) is 19.6 Å². The van der Waals surface area contributed by atoms with Crippen molar-refractivity contribution in [2.24, 2.45) is 5.92 Å². The summed E-state index contributed by atoms with van der Waals surface area (Å²) in [6, 6.07) is 8.00. The first-order valence-electron chi connectivity index (χ1n) is 9.69. The highest BCUT2D eigenvalue weighted by molar-refractivity contribution is 5.54. The fourth-order valence-electron chi connectivity index (χ4n) is 4.20. The van der Waals surface area contributed by atoms with Crippen molar-refractivity contribution in [2.75, 3.05) is 31.1 Å². The van der Waals surface area contributed by atoms with Gasteiger partial charge in [0, 0.05) is 43.4 Å². The Bertz CT molecular complexity index is 866. The van der Waals surface area contributed by atoms with Crippen LogP contribution in [0.25, 0.3) is 5.69 Å². The van der Waals surface area contributed by atoms with Crippen LogP contribution in [-0.2, 0) is 4.79 Å². The Morgan fingerprint density at radius 1 is 1.17 bits per heavy atom. The Morgan fingerprint density at radius 2 is 1.93 bits per heavy atom. The van der Waals surface area contributed by atoms with Gasteiger partial charge in [-0.25, -0.2) is 4.68 Å². The van der Waals surface area contributed by atoms with E-state index in [4.69, 9.17) is 0 Å². The highest BCUT2D eigenvalue weighted by Crippen LogP contribution is 2.28. The van der Waals surface area contributed by atoms with E-state index in [0.29, 0.717) is 11.7 Å². The van der Waals surface area contributed by atoms with Crippen LogP contribution in [-0.4, -0.2) is 59.5 Å². The van der Waals surface area contributed by atoms with Gasteiger partial charge in [0.25, 0.3) is 0 Å². The third-order valence-corrected chi connectivity index (χ3v) is 5.67. The number of piperidine rings is 1. The summed E-state index contributed by atoms with van der Waals surface area (Å²) in [5, 5.41) is 4.68. The molecule has 2 atom stereocenters. The number of nitrogens with zero attached hydrogens (tertiary/aromatic N) is 4. The summed E-state index contributed by atoms with van der Waals surface area (Å²) in [4.78, 5) is 15.8. The molecule has 0 radical (unpaired) electrons. The predicted molar refractivity (Wildman–Crippen MR) is 101 cm³/mol. The third kappa shape index (κ3) is 4.39. The van der Waals surface area contributed by atoms with Crippen molar-refractivity contribution in [1.82, 2.24) is 14.7 Å². The second-order valence-electron chi connectivity index (χ2n) is 7.65. The molecule has 2 unspecified atom stereocenters. The van der Waals surface area contributed by atoms with Crippen LogP contribution in [0.5, 0.6) is 5.75 Å². The van der Waals surface area contributed by atoms with E-state index in [1.165, 1.54) is 12.1 Å². The number of fused-ring (bicyclic) bond motifs is 1. The normalized spacial score (nSPS) is 23.0. The van der Waals surface area contributed by atoms with Crippen molar-refractivity contribution in [3.8, 4) is 11.4 Å². The molecule has 2 saturated heterocycles. The van der Waals surface area contributed by atoms with E-state index in [1.807, 2.05) is 13.0 Å². The van der Waals surface area contributed by atoms with Crippen molar-refractivity contribution in [3.63, 3.8) is 0 Å². The van der Waals surface area contributed by atoms with Crippen molar-refractivity contribution in [1.29, 1.82) is 0 Å². The molecule has 2 fully saturated rings. The zero-order valence-electron chi connectivity index (χ0n) is 16.1. The topological polar surface area (TPSA) is 50.6 Å². The van der Waals surface area contributed by atoms with Crippen molar-refractivity contribution in [2.45, 2.75) is 32.2 Å². The van der Waals surface area contributed by atoms with Crippen molar-refractivity contribution < 1.29 is 22.7 Å². The van der Waals surface area contributed by atoms with Crippen LogP contribution in [0, 0.1) is 12.8 Å². The summed E-state index contributed by atoms with van der Waals surface area (Å²) in [6.07, 6.45) is -1.83. The van der Waals surface area contributed by atoms with Crippen LogP contribution < -0.4 is 9.64 Å². The van der Waals surface area contributed by atoms with Gasteiger partial charge in [-0.1, -0.05) is 0 Å². The summed E-state index contributed by atoms with van der Waals surface area (Å²) >= 11 is 0. The van der Waals surface area contributed by atoms with Crippen LogP contribution in [0.4, 0.5) is 19.0 Å². The number of hydrogen-bond acceptors (Lipinski definition) is 5. The van der Waals surface area contributed by atoms with Gasteiger partial charge in [0.15, 0.2) is 5.82 Å². The molecule has 6 nitrogen and oxygen atoms in total. The monoisotopic (exact) mass is 408 g/mol. The van der Waals surface area contributed by atoms with Crippen LogP contribution in [0.15, 0.2) is 30.3 Å². The maximum atomic E-state index is 12.3. The maximum Gasteiger partial charge on any atom is 0.573 e. The SMILES string of the molecule is Cc1cc(N2CCN3CCC(C=O)CC3C2)nn1-c1ccc(OC(F)(F)F)cc1. The molecule has 3 heterocycles. The smallest absolute Gasteiger partial charge is 0.406 e. The molecule has 0 bridgehead atoms. The lowest BCUT2D eigenvalue weighted by Gasteiger charge is -2.45. The lowest BCUT2D eigenvalue weighted by molar-refractivity contribution is -0.274. The van der Waals surface area contributed by atoms with Crippen LogP contribution in [0.3, 0.4) is 0 Å². The lowest BCUT2D eigenvalue weighted by atomic mass is 9.90. The standard InChI is InChI=1S/C20H23F3N4O2/c1-14-10-19(26-9-8-25-7-6-15(13-28)11-17(25)12-26)24-27(14)16-2-4-18(5-3-16)29-20(21,22)23/h2-5,10,13,15,17H,6-9,11-12H2,1H3. The number of benzene rings is 1. The van der Waals surface area contributed by atoms with Crippen LogP contribution in [0.1, 0.15) is 18.5 Å². The first kappa shape index (κ1) is 19.8. The zero-order valence-corrected chi connectivity index (χ0v) is 16.1. The molecule has 1 aromatic carbocycles. The summed E-state index contributed by atoms with van der Waals surface area (Å²) in [7, 11) is 0. The first-order valence-corrected chi connectivity index (χ1v) is 9.69. The van der Waals surface area contributed by atoms with E-state index in [0.717, 1.165) is 56.8 Å². The number of carbonyl (C=O) groups excluding carboxylic acids is 1. The Balaban J connectivity index is 1.49. The Kier molecular flexibility index (Phi) is 5.24. The summed E-state index contributed by atoms with van der Waals surface area (Å²) in [5.41, 5.74) is 1.56. The second-order valence-corrected chi connectivity index (χ2v) is 7.65. The molecule has 1 aromatic heterocycles. The Morgan fingerprint density at radius 3 is 2.62 bits per heavy atom. The van der Waals surface area contributed by atoms with Gasteiger partial charge in [0.05, 0.1) is 5.69 Å². The number of piperazine rings is 1. The number of rotatable bonds is 4. The molecular formula is C20H23F3N4O2. The van der Waals surface area contributed by atoms with E-state index in [9.17, 15) is 18.0 Å². The number of alkyl halides is 3. The molecule has 29 heavy (non-hydrogen) atoms. The molecule has 2 aromatic rings. The largest absolute Gasteiger partial charge is 0.573 e. The van der Waals surface area contributed by atoms with E-state index < -0.39 is 6.36 Å². The van der Waals surface area contributed by atoms with Gasteiger partial charge < -0.3 is 14.4 Å². The van der Waals surface area contributed by atoms with Gasteiger partial charge in [-0.2, -0.15) is 5.10 Å². The van der Waals surface area contributed by atoms with Crippen molar-refractivity contribution in [3.05, 3.63) is 36.0 Å². The van der Waals surface area contributed by atoms with Gasteiger partial charge in [0.2, 0.25) is 0 Å². The highest BCUT2D eigenvalue weighted by atomic mass is 19.4. The van der Waals surface area contributed by atoms with Gasteiger partial charge >= 0.3 is 6.36 Å². The van der Waals surface area contributed by atoms with E-state index in [-0.39, 0.29) is 11.7 Å². The van der Waals surface area contributed by atoms with Gasteiger partial charge in [-0.3, -0.25) is 4.90 Å². The van der Waals surface area contributed by atoms with Crippen LogP contribution >= 0.6 is 0 Å². The quantitative estimate of drug-likeness (QED) is 0.728. The summed E-state index contributed by atoms with van der Waals surface area (Å²) in [6.45, 7) is 5.49. The lowest BCUT2D eigenvalue weighted by Crippen LogP contribution is -2.56. The number of halogens is 3. The zero-order chi connectivity index (χ0) is 20.6. The van der Waals surface area contributed by atoms with Gasteiger partial charge in [0.1, 0.15) is 12.0 Å². The minimum atomic E-state index is -4.71. The number of ether oxygens (including phenoxy) is 1. The number of anilines is 1. The van der Waals surface area contributed by atoms with Gasteiger partial charge in [-0.15, -0.1) is 13.2 Å². The molecule has 9 heteroatoms. The van der Waals surface area contributed by atoms with Gasteiger partial charge in [-0.05, 0) is 50.6 Å². The fraction of sp³-hybridized carbons (Fsp3) is 0.500. The molecule has 156 valence electrons. The second kappa shape index (κ2) is 7.70. The molecule has 0 amide bonds. The minimum absolute atomic E-state index is 0.132. The number of aryl methyl sites for hydroxylation is 1. The number of hydrogen-bond donors (Lipinski definition) is 0. The summed E-state index contributed by atoms with van der Waals surface area (Å²) < 4.78 is 42.6. The molecule has 2 aliphatic rings. The molecule has 2 aliphatic heterocycles. The molecular weight excluding hydrogens is 385 g/mol. The third-order valence-electron chi connectivity index (χ3n) is 5.67. The summed E-state index contributed by atoms with van der Waals surface area (Å²) in [5.74, 6) is 0.711. The fourth-order valence-corrected chi connectivity index (χ4v) is 4.20. The van der Waals surface area contributed by atoms with E-state index >= 15 is 0 Å². The Labute approximate surface area is 166 Å².